The van der Waals surface area contributed by atoms with Gasteiger partial charge in [0.25, 0.3) is 0 Å². The number of nitrogens with two attached hydrogens (primary N) is 1. The van der Waals surface area contributed by atoms with Crippen LogP contribution in [0.5, 0.6) is 0 Å². The number of benzene rings is 1. The molecule has 2 N–H and O–H groups in total. The summed E-state index contributed by atoms with van der Waals surface area (Å²) in [5.41, 5.74) is 8.59. The number of aromatic nitrogens is 1. The Morgan fingerprint density at radius 1 is 1.40 bits per heavy atom. The Labute approximate surface area is 89.1 Å². The Morgan fingerprint density at radius 3 is 2.87 bits per heavy atom. The molecule has 1 aromatic heterocycles. The Hall–Kier alpha value is -2.01. The molecule has 74 valence electrons. The van der Waals surface area contributed by atoms with Gasteiger partial charge in [0.2, 0.25) is 0 Å². The summed E-state index contributed by atoms with van der Waals surface area (Å²) < 4.78 is 0. The van der Waals surface area contributed by atoms with Gasteiger partial charge in [-0.25, -0.2) is 4.98 Å². The molecule has 0 saturated heterocycles. The molecule has 0 aliphatic heterocycles. The van der Waals surface area contributed by atoms with E-state index in [0.717, 1.165) is 22.9 Å². The maximum atomic E-state index is 5.66. The van der Waals surface area contributed by atoms with Crippen LogP contribution >= 0.6 is 0 Å². The first-order valence-corrected chi connectivity index (χ1v) is 4.90. The van der Waals surface area contributed by atoms with Crippen molar-refractivity contribution in [3.8, 4) is 12.3 Å². The third kappa shape index (κ3) is 1.64. The molecule has 2 nitrogen and oxygen atoms in total. The third-order valence-electron chi connectivity index (χ3n) is 2.46. The zero-order valence-electron chi connectivity index (χ0n) is 8.62. The van der Waals surface area contributed by atoms with Gasteiger partial charge in [-0.05, 0) is 30.2 Å². The number of hydrogen-bond acceptors (Lipinski definition) is 2. The normalized spacial score (nSPS) is 10.1. The van der Waals surface area contributed by atoms with E-state index in [9.17, 15) is 0 Å². The molecule has 0 saturated carbocycles. The number of hydrogen-bond donors (Lipinski definition) is 1. The molecule has 0 fully saturated rings. The Kier molecular flexibility index (Phi) is 2.31. The fourth-order valence-corrected chi connectivity index (χ4v) is 1.63. The van der Waals surface area contributed by atoms with Gasteiger partial charge in [-0.3, -0.25) is 0 Å². The molecule has 2 heteroatoms. The molecule has 2 rings (SSSR count). The summed E-state index contributed by atoms with van der Waals surface area (Å²) in [7, 11) is 0. The second-order valence-electron chi connectivity index (χ2n) is 3.44. The van der Waals surface area contributed by atoms with Gasteiger partial charge in [-0.15, -0.1) is 6.42 Å². The molecule has 1 heterocycles. The second-order valence-corrected chi connectivity index (χ2v) is 3.44. The van der Waals surface area contributed by atoms with Crippen LogP contribution in [0.1, 0.15) is 18.1 Å². The molecule has 0 unspecified atom stereocenters. The largest absolute Gasteiger partial charge is 0.384 e. The first kappa shape index (κ1) is 9.54. The van der Waals surface area contributed by atoms with Crippen molar-refractivity contribution in [2.24, 2.45) is 0 Å². The SMILES string of the molecule is C#Cc1cc(N)nc2ccc(CC)cc12. The van der Waals surface area contributed by atoms with E-state index in [4.69, 9.17) is 12.2 Å². The smallest absolute Gasteiger partial charge is 0.125 e. The van der Waals surface area contributed by atoms with E-state index in [1.807, 2.05) is 6.07 Å². The lowest BCUT2D eigenvalue weighted by Crippen LogP contribution is -1.93. The Morgan fingerprint density at radius 2 is 2.20 bits per heavy atom. The van der Waals surface area contributed by atoms with E-state index in [0.29, 0.717) is 5.82 Å². The highest BCUT2D eigenvalue weighted by molar-refractivity contribution is 5.87. The molecule has 0 atom stereocenters. The van der Waals surface area contributed by atoms with Crippen LogP contribution in [0.25, 0.3) is 10.9 Å². The second kappa shape index (κ2) is 3.62. The number of anilines is 1. The van der Waals surface area contributed by atoms with E-state index in [-0.39, 0.29) is 0 Å². The standard InChI is InChI=1S/C13H12N2/c1-3-9-5-6-12-11(7-9)10(4-2)8-13(14)15-12/h2,5-8H,3H2,1H3,(H2,14,15). The highest BCUT2D eigenvalue weighted by atomic mass is 14.8. The van der Waals surface area contributed by atoms with Crippen LogP contribution in [0, 0.1) is 12.3 Å². The van der Waals surface area contributed by atoms with Crippen LogP contribution in [0.4, 0.5) is 5.82 Å². The van der Waals surface area contributed by atoms with Crippen molar-refractivity contribution in [1.82, 2.24) is 4.98 Å². The lowest BCUT2D eigenvalue weighted by atomic mass is 10.0. The number of pyridine rings is 1. The van der Waals surface area contributed by atoms with Crippen LogP contribution in [0.2, 0.25) is 0 Å². The van der Waals surface area contributed by atoms with Crippen LogP contribution in [-0.4, -0.2) is 4.98 Å². The zero-order valence-corrected chi connectivity index (χ0v) is 8.62. The molecule has 0 aliphatic rings. The quantitative estimate of drug-likeness (QED) is 0.711. The molecule has 0 radical (unpaired) electrons. The number of rotatable bonds is 1. The van der Waals surface area contributed by atoms with E-state index >= 15 is 0 Å². The molecular formula is C13H12N2. The van der Waals surface area contributed by atoms with Gasteiger partial charge in [0.1, 0.15) is 5.82 Å². The first-order valence-electron chi connectivity index (χ1n) is 4.90. The van der Waals surface area contributed by atoms with Crippen LogP contribution < -0.4 is 5.73 Å². The van der Waals surface area contributed by atoms with Crippen molar-refractivity contribution in [3.05, 3.63) is 35.4 Å². The number of nitrogens with zero attached hydrogens (tertiary/aromatic N) is 1. The fourth-order valence-electron chi connectivity index (χ4n) is 1.63. The van der Waals surface area contributed by atoms with E-state index < -0.39 is 0 Å². The number of fused-ring (bicyclic) bond motifs is 1. The van der Waals surface area contributed by atoms with Crippen molar-refractivity contribution in [1.29, 1.82) is 0 Å². The first-order chi connectivity index (χ1) is 7.24. The average molecular weight is 196 g/mol. The minimum absolute atomic E-state index is 0.472. The Balaban J connectivity index is 2.81. The summed E-state index contributed by atoms with van der Waals surface area (Å²) >= 11 is 0. The minimum atomic E-state index is 0.472. The molecule has 0 amide bonds. The summed E-state index contributed by atoms with van der Waals surface area (Å²) in [6.07, 6.45) is 6.43. The van der Waals surface area contributed by atoms with Gasteiger partial charge in [0.15, 0.2) is 0 Å². The van der Waals surface area contributed by atoms with E-state index in [2.05, 4.69) is 30.0 Å². The van der Waals surface area contributed by atoms with E-state index in [1.165, 1.54) is 5.56 Å². The van der Waals surface area contributed by atoms with Gasteiger partial charge in [-0.1, -0.05) is 18.9 Å². The highest BCUT2D eigenvalue weighted by Gasteiger charge is 2.02. The van der Waals surface area contributed by atoms with Crippen molar-refractivity contribution < 1.29 is 0 Å². The summed E-state index contributed by atoms with van der Waals surface area (Å²) in [6, 6.07) is 7.83. The predicted octanol–water partition coefficient (Wildman–Crippen LogP) is 2.36. The molecule has 0 aliphatic carbocycles. The minimum Gasteiger partial charge on any atom is -0.384 e. The summed E-state index contributed by atoms with van der Waals surface area (Å²) in [4.78, 5) is 4.24. The van der Waals surface area contributed by atoms with Crippen molar-refractivity contribution >= 4 is 16.7 Å². The monoisotopic (exact) mass is 196 g/mol. The zero-order chi connectivity index (χ0) is 10.8. The molecule has 2 aromatic rings. The van der Waals surface area contributed by atoms with Crippen LogP contribution in [0.15, 0.2) is 24.3 Å². The summed E-state index contributed by atoms with van der Waals surface area (Å²) in [5, 5.41) is 1.01. The van der Waals surface area contributed by atoms with Crippen LogP contribution in [0.3, 0.4) is 0 Å². The molecule has 1 aromatic carbocycles. The average Bonchev–Trinajstić information content (AvgIpc) is 2.27. The van der Waals surface area contributed by atoms with Crippen molar-refractivity contribution in [3.63, 3.8) is 0 Å². The fraction of sp³-hybridized carbons (Fsp3) is 0.154. The van der Waals surface area contributed by atoms with E-state index in [1.54, 1.807) is 6.07 Å². The molecule has 0 bridgehead atoms. The Bertz CT molecular complexity index is 550. The lowest BCUT2D eigenvalue weighted by molar-refractivity contribution is 1.14. The maximum absolute atomic E-state index is 5.66. The molecule has 0 spiro atoms. The van der Waals surface area contributed by atoms with Crippen molar-refractivity contribution in [2.75, 3.05) is 5.73 Å². The number of aryl methyl sites for hydroxylation is 1. The molecule has 15 heavy (non-hydrogen) atoms. The number of terminal acetylenes is 1. The summed E-state index contributed by atoms with van der Waals surface area (Å²) in [5.74, 6) is 3.11. The highest BCUT2D eigenvalue weighted by Crippen LogP contribution is 2.20. The van der Waals surface area contributed by atoms with Gasteiger partial charge >= 0.3 is 0 Å². The van der Waals surface area contributed by atoms with Crippen molar-refractivity contribution in [2.45, 2.75) is 13.3 Å². The third-order valence-corrected chi connectivity index (χ3v) is 2.46. The number of nitrogen functional groups attached to an aromatic ring is 1. The van der Waals surface area contributed by atoms with Gasteiger partial charge in [0.05, 0.1) is 5.52 Å². The van der Waals surface area contributed by atoms with Gasteiger partial charge in [-0.2, -0.15) is 0 Å². The summed E-state index contributed by atoms with van der Waals surface area (Å²) in [6.45, 7) is 2.11. The van der Waals surface area contributed by atoms with Gasteiger partial charge < -0.3 is 5.73 Å². The predicted molar refractivity (Wildman–Crippen MR) is 63.5 cm³/mol. The maximum Gasteiger partial charge on any atom is 0.125 e. The topological polar surface area (TPSA) is 38.9 Å². The molecular weight excluding hydrogens is 184 g/mol. The van der Waals surface area contributed by atoms with Crippen LogP contribution in [-0.2, 0) is 6.42 Å². The van der Waals surface area contributed by atoms with Gasteiger partial charge in [0, 0.05) is 10.9 Å². The lowest BCUT2D eigenvalue weighted by Gasteiger charge is -2.04.